The minimum absolute atomic E-state index is 0.0492. The van der Waals surface area contributed by atoms with E-state index in [0.29, 0.717) is 5.69 Å². The largest absolute Gasteiger partial charge is 0.330 e. The summed E-state index contributed by atoms with van der Waals surface area (Å²) in [4.78, 5) is 23.0. The van der Waals surface area contributed by atoms with Gasteiger partial charge in [-0.2, -0.15) is 0 Å². The Morgan fingerprint density at radius 2 is 2.37 bits per heavy atom. The van der Waals surface area contributed by atoms with Crippen molar-refractivity contribution in [2.24, 2.45) is 7.05 Å². The predicted octanol–water partition coefficient (Wildman–Crippen LogP) is 2.16. The van der Waals surface area contributed by atoms with Crippen molar-refractivity contribution in [2.45, 2.75) is 25.8 Å². The van der Waals surface area contributed by atoms with Crippen LogP contribution in [-0.4, -0.2) is 31.9 Å². The molecule has 6 heteroatoms. The molecule has 5 nitrogen and oxygen atoms in total. The van der Waals surface area contributed by atoms with Crippen LogP contribution in [0.15, 0.2) is 17.9 Å². The Morgan fingerprint density at radius 3 is 3.00 bits per heavy atom. The molecule has 0 aromatic carbocycles. The van der Waals surface area contributed by atoms with E-state index in [-0.39, 0.29) is 11.9 Å². The minimum atomic E-state index is 0.0492. The Labute approximate surface area is 115 Å². The van der Waals surface area contributed by atoms with E-state index in [0.717, 1.165) is 30.1 Å². The highest BCUT2D eigenvalue weighted by atomic mass is 32.1. The number of rotatable bonds is 2. The third-order valence-corrected chi connectivity index (χ3v) is 4.32. The van der Waals surface area contributed by atoms with Gasteiger partial charge in [0.15, 0.2) is 0 Å². The van der Waals surface area contributed by atoms with E-state index in [4.69, 9.17) is 0 Å². The van der Waals surface area contributed by atoms with Crippen LogP contribution in [-0.2, 0) is 7.05 Å². The molecule has 19 heavy (non-hydrogen) atoms. The Kier molecular flexibility index (Phi) is 3.10. The highest BCUT2D eigenvalue weighted by Gasteiger charge is 2.32. The van der Waals surface area contributed by atoms with Crippen molar-refractivity contribution in [3.8, 4) is 0 Å². The average Bonchev–Trinajstić information content (AvgIpc) is 3.07. The zero-order chi connectivity index (χ0) is 13.4. The lowest BCUT2D eigenvalue weighted by Gasteiger charge is -2.23. The number of imidazole rings is 1. The predicted molar refractivity (Wildman–Crippen MR) is 73.1 cm³/mol. The van der Waals surface area contributed by atoms with E-state index in [9.17, 15) is 4.79 Å². The van der Waals surface area contributed by atoms with Gasteiger partial charge in [0.1, 0.15) is 5.69 Å². The van der Waals surface area contributed by atoms with Crippen molar-refractivity contribution in [1.29, 1.82) is 0 Å². The number of thiazole rings is 1. The van der Waals surface area contributed by atoms with E-state index in [2.05, 4.69) is 15.3 Å². The van der Waals surface area contributed by atoms with Gasteiger partial charge in [0.2, 0.25) is 0 Å². The molecule has 3 rings (SSSR count). The summed E-state index contributed by atoms with van der Waals surface area (Å²) in [6, 6.07) is 0.118. The molecule has 3 heterocycles. The number of aromatic nitrogens is 3. The van der Waals surface area contributed by atoms with Crippen LogP contribution in [0.2, 0.25) is 0 Å². The lowest BCUT2D eigenvalue weighted by Crippen LogP contribution is -2.31. The molecule has 100 valence electrons. The van der Waals surface area contributed by atoms with Gasteiger partial charge < -0.3 is 9.47 Å². The first-order valence-corrected chi connectivity index (χ1v) is 7.24. The van der Waals surface area contributed by atoms with Crippen LogP contribution in [0.1, 0.15) is 40.1 Å². The highest BCUT2D eigenvalue weighted by Crippen LogP contribution is 2.33. The summed E-state index contributed by atoms with van der Waals surface area (Å²) in [5.41, 5.74) is 1.66. The standard InChI is InChI=1S/C13H16N4OS/c1-9-15-10(7-19-9)11-4-3-5-17(11)13(18)12-6-14-8-16(12)2/h6-8,11H,3-5H2,1-2H3/t11-/m1/s1. The van der Waals surface area contributed by atoms with Gasteiger partial charge in [0.05, 0.1) is 29.3 Å². The van der Waals surface area contributed by atoms with Crippen LogP contribution in [0.5, 0.6) is 0 Å². The first kappa shape index (κ1) is 12.3. The van der Waals surface area contributed by atoms with Crippen LogP contribution in [0.4, 0.5) is 0 Å². The van der Waals surface area contributed by atoms with E-state index < -0.39 is 0 Å². The second-order valence-corrected chi connectivity index (χ2v) is 5.90. The summed E-state index contributed by atoms with van der Waals surface area (Å²) in [5, 5.41) is 3.12. The maximum absolute atomic E-state index is 12.6. The van der Waals surface area contributed by atoms with Crippen LogP contribution >= 0.6 is 11.3 Å². The molecule has 1 saturated heterocycles. The Morgan fingerprint density at radius 1 is 1.53 bits per heavy atom. The molecule has 0 N–H and O–H groups in total. The summed E-state index contributed by atoms with van der Waals surface area (Å²) in [6.07, 6.45) is 5.31. The number of hydrogen-bond acceptors (Lipinski definition) is 4. The molecule has 0 saturated carbocycles. The zero-order valence-electron chi connectivity index (χ0n) is 11.0. The minimum Gasteiger partial charge on any atom is -0.330 e. The molecule has 1 atom stereocenters. The third kappa shape index (κ3) is 2.16. The fourth-order valence-electron chi connectivity index (χ4n) is 2.56. The van der Waals surface area contributed by atoms with Gasteiger partial charge in [-0.25, -0.2) is 9.97 Å². The van der Waals surface area contributed by atoms with Gasteiger partial charge in [-0.15, -0.1) is 11.3 Å². The van der Waals surface area contributed by atoms with Crippen molar-refractivity contribution in [1.82, 2.24) is 19.4 Å². The SMILES string of the molecule is Cc1nc([C@H]2CCCN2C(=O)c2cncn2C)cs1. The van der Waals surface area contributed by atoms with Crippen molar-refractivity contribution in [3.63, 3.8) is 0 Å². The molecule has 1 aliphatic rings. The Balaban J connectivity index is 1.88. The molecule has 0 spiro atoms. The monoisotopic (exact) mass is 276 g/mol. The van der Waals surface area contributed by atoms with E-state index in [1.54, 1.807) is 28.4 Å². The zero-order valence-corrected chi connectivity index (χ0v) is 11.9. The number of aryl methyl sites for hydroxylation is 2. The average molecular weight is 276 g/mol. The second kappa shape index (κ2) is 4.77. The number of likely N-dealkylation sites (tertiary alicyclic amines) is 1. The molecule has 1 amide bonds. The van der Waals surface area contributed by atoms with Crippen molar-refractivity contribution >= 4 is 17.2 Å². The van der Waals surface area contributed by atoms with Gasteiger partial charge in [-0.3, -0.25) is 4.79 Å². The summed E-state index contributed by atoms with van der Waals surface area (Å²) in [6.45, 7) is 2.79. The molecule has 0 aliphatic carbocycles. The van der Waals surface area contributed by atoms with Crippen molar-refractivity contribution < 1.29 is 4.79 Å². The first-order chi connectivity index (χ1) is 9.16. The fourth-order valence-corrected chi connectivity index (χ4v) is 3.22. The lowest BCUT2D eigenvalue weighted by molar-refractivity contribution is 0.0723. The molecule has 2 aromatic rings. The number of nitrogens with zero attached hydrogens (tertiary/aromatic N) is 4. The molecule has 0 radical (unpaired) electrons. The number of carbonyl (C=O) groups is 1. The van der Waals surface area contributed by atoms with Gasteiger partial charge >= 0.3 is 0 Å². The smallest absolute Gasteiger partial charge is 0.272 e. The summed E-state index contributed by atoms with van der Waals surface area (Å²) in [5.74, 6) is 0.0492. The maximum Gasteiger partial charge on any atom is 0.272 e. The number of hydrogen-bond donors (Lipinski definition) is 0. The molecule has 0 bridgehead atoms. The van der Waals surface area contributed by atoms with Gasteiger partial charge in [0.25, 0.3) is 5.91 Å². The van der Waals surface area contributed by atoms with Crippen LogP contribution < -0.4 is 0 Å². The van der Waals surface area contributed by atoms with Crippen LogP contribution in [0.25, 0.3) is 0 Å². The van der Waals surface area contributed by atoms with Gasteiger partial charge in [-0.05, 0) is 19.8 Å². The second-order valence-electron chi connectivity index (χ2n) is 4.84. The van der Waals surface area contributed by atoms with Crippen LogP contribution in [0.3, 0.4) is 0 Å². The fraction of sp³-hybridized carbons (Fsp3) is 0.462. The maximum atomic E-state index is 12.6. The molecule has 1 fully saturated rings. The molecule has 1 aliphatic heterocycles. The number of amides is 1. The van der Waals surface area contributed by atoms with Crippen LogP contribution in [0, 0.1) is 6.92 Å². The van der Waals surface area contributed by atoms with E-state index in [1.807, 2.05) is 18.9 Å². The summed E-state index contributed by atoms with van der Waals surface area (Å²) < 4.78 is 1.77. The quantitative estimate of drug-likeness (QED) is 0.844. The Bertz CT molecular complexity index is 603. The van der Waals surface area contributed by atoms with Crippen molar-refractivity contribution in [3.05, 3.63) is 34.3 Å². The van der Waals surface area contributed by atoms with Gasteiger partial charge in [-0.1, -0.05) is 0 Å². The summed E-state index contributed by atoms with van der Waals surface area (Å²) >= 11 is 1.64. The number of carbonyl (C=O) groups excluding carboxylic acids is 1. The third-order valence-electron chi connectivity index (χ3n) is 3.53. The normalized spacial score (nSPS) is 19.1. The molecular formula is C13H16N4OS. The molecular weight excluding hydrogens is 260 g/mol. The summed E-state index contributed by atoms with van der Waals surface area (Å²) in [7, 11) is 1.85. The Hall–Kier alpha value is -1.69. The lowest BCUT2D eigenvalue weighted by atomic mass is 10.1. The molecule has 0 unspecified atom stereocenters. The van der Waals surface area contributed by atoms with E-state index in [1.165, 1.54) is 0 Å². The highest BCUT2D eigenvalue weighted by molar-refractivity contribution is 7.09. The van der Waals surface area contributed by atoms with Crippen molar-refractivity contribution in [2.75, 3.05) is 6.54 Å². The van der Waals surface area contributed by atoms with E-state index >= 15 is 0 Å². The first-order valence-electron chi connectivity index (χ1n) is 6.36. The molecule has 2 aromatic heterocycles. The topological polar surface area (TPSA) is 51.0 Å². The van der Waals surface area contributed by atoms with Gasteiger partial charge in [0, 0.05) is 19.0 Å².